The number of nitriles is 1. The Morgan fingerprint density at radius 2 is 2.00 bits per heavy atom. The Balaban J connectivity index is 1.98. The minimum Gasteiger partial charge on any atom is -0.444 e. The quantitative estimate of drug-likeness (QED) is 0.839. The van der Waals surface area contributed by atoms with Crippen molar-refractivity contribution < 1.29 is 18.7 Å². The van der Waals surface area contributed by atoms with Crippen molar-refractivity contribution in [3.8, 4) is 6.07 Å². The third-order valence-electron chi connectivity index (χ3n) is 4.02. The van der Waals surface area contributed by atoms with Gasteiger partial charge in [0.25, 0.3) is 0 Å². The molecule has 0 atom stereocenters. The van der Waals surface area contributed by atoms with Crippen LogP contribution in [0.15, 0.2) is 18.2 Å². The number of benzene rings is 1. The molecule has 0 unspecified atom stereocenters. The van der Waals surface area contributed by atoms with E-state index in [1.165, 1.54) is 12.1 Å². The SMILES string of the molecule is CC(C)(C)OC(=O)N1CCC(Nc2c(F)cccc2NC(=O)CC#N)CC1. The molecule has 1 fully saturated rings. The molecule has 1 heterocycles. The van der Waals surface area contributed by atoms with Crippen LogP contribution >= 0.6 is 0 Å². The number of hydrogen-bond acceptors (Lipinski definition) is 5. The molecule has 1 aromatic rings. The molecule has 2 amide bonds. The minimum atomic E-state index is -0.546. The summed E-state index contributed by atoms with van der Waals surface area (Å²) < 4.78 is 19.6. The van der Waals surface area contributed by atoms with E-state index < -0.39 is 17.3 Å². The van der Waals surface area contributed by atoms with E-state index in [2.05, 4.69) is 10.6 Å². The van der Waals surface area contributed by atoms with E-state index in [4.69, 9.17) is 10.00 Å². The summed E-state index contributed by atoms with van der Waals surface area (Å²) in [5.74, 6) is -0.981. The summed E-state index contributed by atoms with van der Waals surface area (Å²) >= 11 is 0. The fourth-order valence-corrected chi connectivity index (χ4v) is 2.78. The van der Waals surface area contributed by atoms with Gasteiger partial charge in [-0.15, -0.1) is 0 Å². The molecule has 1 aromatic carbocycles. The molecule has 8 heteroatoms. The van der Waals surface area contributed by atoms with Gasteiger partial charge in [-0.25, -0.2) is 9.18 Å². The fourth-order valence-electron chi connectivity index (χ4n) is 2.78. The minimum absolute atomic E-state index is 0.0489. The molecule has 0 radical (unpaired) electrons. The fraction of sp³-hybridized carbons (Fsp3) is 0.526. The van der Waals surface area contributed by atoms with Crippen molar-refractivity contribution in [3.05, 3.63) is 24.0 Å². The highest BCUT2D eigenvalue weighted by atomic mass is 19.1. The van der Waals surface area contributed by atoms with E-state index in [1.807, 2.05) is 20.8 Å². The summed E-state index contributed by atoms with van der Waals surface area (Å²) in [5.41, 5.74) is -0.0556. The van der Waals surface area contributed by atoms with E-state index >= 15 is 0 Å². The lowest BCUT2D eigenvalue weighted by Gasteiger charge is -2.34. The third-order valence-corrected chi connectivity index (χ3v) is 4.02. The molecule has 0 saturated carbocycles. The largest absolute Gasteiger partial charge is 0.444 e. The zero-order valence-corrected chi connectivity index (χ0v) is 15.8. The van der Waals surface area contributed by atoms with Crippen LogP contribution in [0.4, 0.5) is 20.6 Å². The molecule has 0 spiro atoms. The van der Waals surface area contributed by atoms with Crippen molar-refractivity contribution in [2.75, 3.05) is 23.7 Å². The number of halogens is 1. The summed E-state index contributed by atoms with van der Waals surface area (Å²) in [7, 11) is 0. The van der Waals surface area contributed by atoms with Crippen molar-refractivity contribution in [1.82, 2.24) is 4.90 Å². The summed E-state index contributed by atoms with van der Waals surface area (Å²) in [6.45, 7) is 6.45. The van der Waals surface area contributed by atoms with Crippen molar-refractivity contribution in [2.24, 2.45) is 0 Å². The number of rotatable bonds is 4. The van der Waals surface area contributed by atoms with Crippen LogP contribution in [0, 0.1) is 17.1 Å². The van der Waals surface area contributed by atoms with Crippen LogP contribution in [0.25, 0.3) is 0 Å². The molecule has 2 N–H and O–H groups in total. The molecular weight excluding hydrogens is 351 g/mol. The third kappa shape index (κ3) is 6.13. The second-order valence-electron chi connectivity index (χ2n) is 7.43. The number of carbonyl (C=O) groups excluding carboxylic acids is 2. The Morgan fingerprint density at radius 3 is 2.59 bits per heavy atom. The first-order valence-electron chi connectivity index (χ1n) is 8.89. The average Bonchev–Trinajstić information content (AvgIpc) is 2.57. The van der Waals surface area contributed by atoms with Gasteiger partial charge in [0.1, 0.15) is 17.8 Å². The number of para-hydroxylation sites is 1. The van der Waals surface area contributed by atoms with Crippen LogP contribution < -0.4 is 10.6 Å². The average molecular weight is 376 g/mol. The number of nitrogens with one attached hydrogen (secondary N) is 2. The van der Waals surface area contributed by atoms with Crippen LogP contribution in [0.2, 0.25) is 0 Å². The number of ether oxygens (including phenoxy) is 1. The molecular formula is C19H25FN4O3. The first-order chi connectivity index (χ1) is 12.7. The summed E-state index contributed by atoms with van der Waals surface area (Å²) in [5, 5.41) is 14.3. The van der Waals surface area contributed by atoms with Crippen LogP contribution in [-0.2, 0) is 9.53 Å². The lowest BCUT2D eigenvalue weighted by Crippen LogP contribution is -2.44. The summed E-state index contributed by atoms with van der Waals surface area (Å²) in [6, 6.07) is 6.09. The Kier molecular flexibility index (Phi) is 6.61. The van der Waals surface area contributed by atoms with E-state index in [0.29, 0.717) is 31.6 Å². The molecule has 0 aromatic heterocycles. The Bertz CT molecular complexity index is 731. The van der Waals surface area contributed by atoms with E-state index in [-0.39, 0.29) is 24.2 Å². The number of anilines is 2. The van der Waals surface area contributed by atoms with Crippen molar-refractivity contribution in [3.63, 3.8) is 0 Å². The lowest BCUT2D eigenvalue weighted by molar-refractivity contribution is -0.115. The van der Waals surface area contributed by atoms with Gasteiger partial charge >= 0.3 is 6.09 Å². The summed E-state index contributed by atoms with van der Waals surface area (Å²) in [6.07, 6.45) is 0.596. The molecule has 1 saturated heterocycles. The van der Waals surface area contributed by atoms with Crippen molar-refractivity contribution >= 4 is 23.4 Å². The first kappa shape index (κ1) is 20.5. The Labute approximate surface area is 158 Å². The lowest BCUT2D eigenvalue weighted by atomic mass is 10.0. The van der Waals surface area contributed by atoms with Gasteiger partial charge in [-0.1, -0.05) is 6.07 Å². The second kappa shape index (κ2) is 8.71. The molecule has 7 nitrogen and oxygen atoms in total. The van der Waals surface area contributed by atoms with Gasteiger partial charge in [-0.05, 0) is 45.7 Å². The van der Waals surface area contributed by atoms with Crippen LogP contribution in [0.3, 0.4) is 0 Å². The molecule has 1 aliphatic heterocycles. The molecule has 2 rings (SSSR count). The highest BCUT2D eigenvalue weighted by molar-refractivity contribution is 5.95. The molecule has 1 aliphatic rings. The highest BCUT2D eigenvalue weighted by Gasteiger charge is 2.27. The van der Waals surface area contributed by atoms with Crippen LogP contribution in [0.5, 0.6) is 0 Å². The van der Waals surface area contributed by atoms with Crippen molar-refractivity contribution in [2.45, 2.75) is 51.7 Å². The Hall–Kier alpha value is -2.82. The number of carbonyl (C=O) groups is 2. The number of piperidine rings is 1. The van der Waals surface area contributed by atoms with Gasteiger partial charge in [-0.3, -0.25) is 4.79 Å². The van der Waals surface area contributed by atoms with Crippen LogP contribution in [-0.4, -0.2) is 41.6 Å². The second-order valence-corrected chi connectivity index (χ2v) is 7.43. The Morgan fingerprint density at radius 1 is 1.33 bits per heavy atom. The smallest absolute Gasteiger partial charge is 0.410 e. The zero-order chi connectivity index (χ0) is 20.0. The molecule has 0 aliphatic carbocycles. The normalized spacial score (nSPS) is 15.0. The summed E-state index contributed by atoms with van der Waals surface area (Å²) in [4.78, 5) is 25.4. The molecule has 27 heavy (non-hydrogen) atoms. The predicted molar refractivity (Wildman–Crippen MR) is 99.7 cm³/mol. The van der Waals surface area contributed by atoms with Gasteiger partial charge in [0.15, 0.2) is 0 Å². The van der Waals surface area contributed by atoms with Gasteiger partial charge in [0.2, 0.25) is 5.91 Å². The highest BCUT2D eigenvalue weighted by Crippen LogP contribution is 2.28. The van der Waals surface area contributed by atoms with Crippen molar-refractivity contribution in [1.29, 1.82) is 5.26 Å². The number of likely N-dealkylation sites (tertiary alicyclic amines) is 1. The van der Waals surface area contributed by atoms with E-state index in [0.717, 1.165) is 0 Å². The van der Waals surface area contributed by atoms with Crippen LogP contribution in [0.1, 0.15) is 40.0 Å². The molecule has 0 bridgehead atoms. The van der Waals surface area contributed by atoms with Gasteiger partial charge in [-0.2, -0.15) is 5.26 Å². The number of nitrogens with zero attached hydrogens (tertiary/aromatic N) is 2. The van der Waals surface area contributed by atoms with Gasteiger partial charge < -0.3 is 20.3 Å². The predicted octanol–water partition coefficient (Wildman–Crippen LogP) is 3.49. The maximum absolute atomic E-state index is 14.3. The first-order valence-corrected chi connectivity index (χ1v) is 8.89. The van der Waals surface area contributed by atoms with E-state index in [1.54, 1.807) is 17.0 Å². The topological polar surface area (TPSA) is 94.5 Å². The van der Waals surface area contributed by atoms with E-state index in [9.17, 15) is 14.0 Å². The molecule has 146 valence electrons. The number of hydrogen-bond donors (Lipinski definition) is 2. The maximum Gasteiger partial charge on any atom is 0.410 e. The van der Waals surface area contributed by atoms with Gasteiger partial charge in [0.05, 0.1) is 17.4 Å². The zero-order valence-electron chi connectivity index (χ0n) is 15.8. The number of amides is 2. The monoisotopic (exact) mass is 376 g/mol. The van der Waals surface area contributed by atoms with Gasteiger partial charge in [0, 0.05) is 19.1 Å². The maximum atomic E-state index is 14.3. The standard InChI is InChI=1S/C19H25FN4O3/c1-19(2,3)27-18(26)24-11-8-13(9-12-24)22-17-14(20)5-4-6-15(17)23-16(25)7-10-21/h4-6,13,22H,7-9,11-12H2,1-3H3,(H,23,25).